The van der Waals surface area contributed by atoms with Crippen molar-refractivity contribution in [1.82, 2.24) is 20.1 Å². The van der Waals surface area contributed by atoms with Crippen LogP contribution in [0.5, 0.6) is 5.75 Å². The first-order chi connectivity index (χ1) is 15.3. The highest BCUT2D eigenvalue weighted by Crippen LogP contribution is 2.23. The van der Waals surface area contributed by atoms with Crippen LogP contribution in [-0.2, 0) is 11.8 Å². The summed E-state index contributed by atoms with van der Waals surface area (Å²) in [6, 6.07) is 11.3. The van der Waals surface area contributed by atoms with Crippen LogP contribution in [0.3, 0.4) is 0 Å². The average Bonchev–Trinajstić information content (AvgIpc) is 3.13. The molecule has 3 rings (SSSR count). The number of methoxy groups -OCH3 is 1. The van der Waals surface area contributed by atoms with E-state index < -0.39 is 6.04 Å². The van der Waals surface area contributed by atoms with E-state index in [2.05, 4.69) is 20.8 Å². The Morgan fingerprint density at radius 1 is 1.16 bits per heavy atom. The fourth-order valence-corrected chi connectivity index (χ4v) is 4.06. The topological polar surface area (TPSA) is 98.1 Å². The number of aromatic nitrogens is 3. The first-order valence-electron chi connectivity index (χ1n) is 9.50. The molecule has 0 radical (unpaired) electrons. The van der Waals surface area contributed by atoms with Crippen LogP contribution in [0.15, 0.2) is 47.6 Å². The van der Waals surface area contributed by atoms with E-state index in [-0.39, 0.29) is 22.6 Å². The van der Waals surface area contributed by atoms with Crippen molar-refractivity contribution < 1.29 is 14.3 Å². The quantitative estimate of drug-likeness (QED) is 0.452. The lowest BCUT2D eigenvalue weighted by Gasteiger charge is -2.14. The smallest absolute Gasteiger partial charge is 0.253 e. The van der Waals surface area contributed by atoms with E-state index in [1.54, 1.807) is 62.0 Å². The molecule has 2 aromatic carbocycles. The lowest BCUT2D eigenvalue weighted by molar-refractivity contribution is -0.113. The number of anilines is 1. The number of hydrogen-bond donors (Lipinski definition) is 2. The third-order valence-corrected chi connectivity index (χ3v) is 6.05. The summed E-state index contributed by atoms with van der Waals surface area (Å²) in [5.74, 6) is 0.878. The van der Waals surface area contributed by atoms with Gasteiger partial charge in [0.05, 0.1) is 29.5 Å². The lowest BCUT2D eigenvalue weighted by atomic mass is 10.2. The molecule has 1 atom stereocenters. The van der Waals surface area contributed by atoms with Crippen LogP contribution in [0, 0.1) is 0 Å². The van der Waals surface area contributed by atoms with E-state index in [0.717, 1.165) is 0 Å². The Labute approximate surface area is 199 Å². The minimum atomic E-state index is -0.436. The Morgan fingerprint density at radius 3 is 2.53 bits per heavy atom. The zero-order valence-electron chi connectivity index (χ0n) is 17.6. The van der Waals surface area contributed by atoms with Gasteiger partial charge in [-0.1, -0.05) is 35.0 Å². The molecule has 11 heteroatoms. The van der Waals surface area contributed by atoms with E-state index in [0.29, 0.717) is 33.0 Å². The van der Waals surface area contributed by atoms with E-state index in [1.165, 1.54) is 17.8 Å². The summed E-state index contributed by atoms with van der Waals surface area (Å²) in [5.41, 5.74) is 0.988. The Bertz CT molecular complexity index is 1120. The van der Waals surface area contributed by atoms with Gasteiger partial charge in [-0.15, -0.1) is 10.2 Å². The summed E-state index contributed by atoms with van der Waals surface area (Å²) in [5, 5.41) is 15.2. The van der Waals surface area contributed by atoms with Gasteiger partial charge in [0.2, 0.25) is 5.91 Å². The van der Waals surface area contributed by atoms with Crippen molar-refractivity contribution in [3.8, 4) is 5.75 Å². The summed E-state index contributed by atoms with van der Waals surface area (Å²) in [6.07, 6.45) is 0. The van der Waals surface area contributed by atoms with Crippen molar-refractivity contribution in [2.24, 2.45) is 7.05 Å². The Kier molecular flexibility index (Phi) is 8.00. The Hall–Kier alpha value is -2.75. The number of benzene rings is 2. The summed E-state index contributed by atoms with van der Waals surface area (Å²) in [6.45, 7) is 1.79. The van der Waals surface area contributed by atoms with E-state index in [9.17, 15) is 9.59 Å². The van der Waals surface area contributed by atoms with Crippen molar-refractivity contribution in [3.63, 3.8) is 0 Å². The normalized spacial score (nSPS) is 11.7. The first kappa shape index (κ1) is 23.9. The molecule has 1 aromatic heterocycles. The number of nitrogens with zero attached hydrogens (tertiary/aromatic N) is 3. The molecule has 0 aliphatic heterocycles. The van der Waals surface area contributed by atoms with Gasteiger partial charge in [0.15, 0.2) is 11.0 Å². The molecule has 0 saturated carbocycles. The van der Waals surface area contributed by atoms with Crippen LogP contribution in [0.2, 0.25) is 10.0 Å². The number of amides is 2. The Balaban J connectivity index is 1.57. The summed E-state index contributed by atoms with van der Waals surface area (Å²) < 4.78 is 6.84. The number of hydrogen-bond acceptors (Lipinski definition) is 6. The number of ether oxygens (including phenoxy) is 1. The standard InChI is InChI=1S/C21H21Cl2N5O3S/c1-12(24-20(30)16-9-4-13(22)10-17(16)23)19-26-27-21(28(19)2)32-11-18(29)25-14-5-7-15(31-3)8-6-14/h4-10,12H,11H2,1-3H3,(H,24,30)(H,25,29)/t12-/m0/s1. The molecule has 32 heavy (non-hydrogen) atoms. The van der Waals surface area contributed by atoms with Gasteiger partial charge < -0.3 is 19.9 Å². The zero-order valence-corrected chi connectivity index (χ0v) is 19.9. The molecular formula is C21H21Cl2N5O3S. The molecule has 0 fully saturated rings. The van der Waals surface area contributed by atoms with Crippen molar-refractivity contribution in [2.45, 2.75) is 18.1 Å². The molecule has 0 aliphatic rings. The number of rotatable bonds is 8. The van der Waals surface area contributed by atoms with E-state index in [4.69, 9.17) is 27.9 Å². The number of carbonyl (C=O) groups excluding carboxylic acids is 2. The highest BCUT2D eigenvalue weighted by Gasteiger charge is 2.20. The minimum Gasteiger partial charge on any atom is -0.497 e. The zero-order chi connectivity index (χ0) is 23.3. The van der Waals surface area contributed by atoms with Crippen molar-refractivity contribution >= 4 is 52.5 Å². The molecule has 2 N–H and O–H groups in total. The second-order valence-electron chi connectivity index (χ2n) is 6.78. The van der Waals surface area contributed by atoms with Gasteiger partial charge in [-0.25, -0.2) is 0 Å². The van der Waals surface area contributed by atoms with Gasteiger partial charge in [-0.05, 0) is 49.4 Å². The van der Waals surface area contributed by atoms with Gasteiger partial charge in [-0.2, -0.15) is 0 Å². The van der Waals surface area contributed by atoms with Gasteiger partial charge in [0.1, 0.15) is 5.75 Å². The van der Waals surface area contributed by atoms with Crippen molar-refractivity contribution in [1.29, 1.82) is 0 Å². The minimum absolute atomic E-state index is 0.152. The highest BCUT2D eigenvalue weighted by molar-refractivity contribution is 7.99. The summed E-state index contributed by atoms with van der Waals surface area (Å²) in [4.78, 5) is 24.8. The first-order valence-corrected chi connectivity index (χ1v) is 11.2. The molecule has 0 aliphatic carbocycles. The van der Waals surface area contributed by atoms with E-state index in [1.807, 2.05) is 0 Å². The van der Waals surface area contributed by atoms with Gasteiger partial charge >= 0.3 is 0 Å². The predicted octanol–water partition coefficient (Wildman–Crippen LogP) is 4.35. The maximum Gasteiger partial charge on any atom is 0.253 e. The second-order valence-corrected chi connectivity index (χ2v) is 8.57. The van der Waals surface area contributed by atoms with Crippen molar-refractivity contribution in [3.05, 3.63) is 63.9 Å². The highest BCUT2D eigenvalue weighted by atomic mass is 35.5. The fourth-order valence-electron chi connectivity index (χ4n) is 2.84. The molecule has 1 heterocycles. The largest absolute Gasteiger partial charge is 0.497 e. The molecule has 0 saturated heterocycles. The monoisotopic (exact) mass is 493 g/mol. The summed E-state index contributed by atoms with van der Waals surface area (Å²) in [7, 11) is 3.36. The molecule has 2 amide bonds. The second kappa shape index (κ2) is 10.7. The molecule has 0 unspecified atom stereocenters. The molecule has 168 valence electrons. The molecule has 8 nitrogen and oxygen atoms in total. The average molecular weight is 494 g/mol. The molecule has 3 aromatic rings. The number of thioether (sulfide) groups is 1. The van der Waals surface area contributed by atoms with Crippen LogP contribution in [0.25, 0.3) is 0 Å². The van der Waals surface area contributed by atoms with Crippen molar-refractivity contribution in [2.75, 3.05) is 18.2 Å². The third kappa shape index (κ3) is 5.93. The number of halogens is 2. The molecule has 0 bridgehead atoms. The SMILES string of the molecule is COc1ccc(NC(=O)CSc2nnc([C@H](C)NC(=O)c3ccc(Cl)cc3Cl)n2C)cc1. The molecule has 0 spiro atoms. The van der Waals surface area contributed by atoms with Crippen LogP contribution in [0.4, 0.5) is 5.69 Å². The van der Waals surface area contributed by atoms with Crippen LogP contribution in [-0.4, -0.2) is 39.4 Å². The van der Waals surface area contributed by atoms with Gasteiger partial charge in [-0.3, -0.25) is 9.59 Å². The number of nitrogens with one attached hydrogen (secondary N) is 2. The van der Waals surface area contributed by atoms with Crippen LogP contribution in [0.1, 0.15) is 29.1 Å². The number of carbonyl (C=O) groups is 2. The summed E-state index contributed by atoms with van der Waals surface area (Å²) >= 11 is 13.2. The van der Waals surface area contributed by atoms with Crippen LogP contribution < -0.4 is 15.4 Å². The third-order valence-electron chi connectivity index (χ3n) is 4.49. The predicted molar refractivity (Wildman–Crippen MR) is 126 cm³/mol. The Morgan fingerprint density at radius 2 is 1.88 bits per heavy atom. The molecular weight excluding hydrogens is 473 g/mol. The fraction of sp³-hybridized carbons (Fsp3) is 0.238. The van der Waals surface area contributed by atoms with Crippen LogP contribution >= 0.6 is 35.0 Å². The maximum absolute atomic E-state index is 12.5. The lowest BCUT2D eigenvalue weighted by Crippen LogP contribution is -2.28. The van der Waals surface area contributed by atoms with E-state index >= 15 is 0 Å². The van der Waals surface area contributed by atoms with Gasteiger partial charge in [0.25, 0.3) is 5.91 Å². The van der Waals surface area contributed by atoms with Gasteiger partial charge in [0, 0.05) is 17.8 Å². The maximum atomic E-state index is 12.5.